The topological polar surface area (TPSA) is 76.4 Å². The van der Waals surface area contributed by atoms with Gasteiger partial charge in [0.15, 0.2) is 4.67 Å². The van der Waals surface area contributed by atoms with Gasteiger partial charge in [-0.25, -0.2) is 13.1 Å². The first-order valence-corrected chi connectivity index (χ1v) is 8.17. The largest absolute Gasteiger partial charge is 0.450 e. The molecular formula is C11H8BrNO4S2. The smallest absolute Gasteiger partial charge is 0.273 e. The van der Waals surface area contributed by atoms with Crippen LogP contribution < -0.4 is 4.72 Å². The summed E-state index contributed by atoms with van der Waals surface area (Å²) in [6.45, 7) is 0. The number of hydrogen-bond donors (Lipinski definition) is 1. The molecule has 0 aliphatic carbocycles. The maximum absolute atomic E-state index is 11.7. The van der Waals surface area contributed by atoms with Gasteiger partial charge in [-0.1, -0.05) is 6.07 Å². The second-order valence-corrected chi connectivity index (χ2v) is 7.02. The Kier molecular flexibility index (Phi) is 4.23. The summed E-state index contributed by atoms with van der Waals surface area (Å²) in [5.41, 5.74) is 0. The summed E-state index contributed by atoms with van der Waals surface area (Å²) in [5, 5.41) is 1.62. The maximum Gasteiger partial charge on any atom is 0.273 e. The molecule has 8 heteroatoms. The molecule has 0 saturated heterocycles. The van der Waals surface area contributed by atoms with E-state index in [2.05, 4.69) is 15.9 Å². The monoisotopic (exact) mass is 361 g/mol. The number of sulfonamides is 1. The maximum atomic E-state index is 11.7. The average Bonchev–Trinajstić information content (AvgIpc) is 2.96. The van der Waals surface area contributed by atoms with E-state index in [9.17, 15) is 13.2 Å². The van der Waals surface area contributed by atoms with Crippen molar-refractivity contribution in [3.63, 3.8) is 0 Å². The summed E-state index contributed by atoms with van der Waals surface area (Å²) in [6.07, 6.45) is 2.47. The number of carbonyl (C=O) groups excluding carboxylic acids is 1. The SMILES string of the molecule is O=C(/C=C/c1ccc(Br)o1)NS(=O)(=O)c1cccs1. The van der Waals surface area contributed by atoms with Crippen LogP contribution in [0.1, 0.15) is 5.76 Å². The molecule has 0 aliphatic rings. The summed E-state index contributed by atoms with van der Waals surface area (Å²) in [5.74, 6) is -0.295. The van der Waals surface area contributed by atoms with E-state index in [1.54, 1.807) is 23.6 Å². The van der Waals surface area contributed by atoms with Gasteiger partial charge >= 0.3 is 0 Å². The van der Waals surface area contributed by atoms with E-state index in [4.69, 9.17) is 4.42 Å². The molecule has 0 spiro atoms. The summed E-state index contributed by atoms with van der Waals surface area (Å²) in [6, 6.07) is 6.33. The minimum absolute atomic E-state index is 0.0926. The molecule has 0 fully saturated rings. The van der Waals surface area contributed by atoms with Crippen molar-refractivity contribution in [1.82, 2.24) is 4.72 Å². The Morgan fingerprint density at radius 1 is 1.37 bits per heavy atom. The molecule has 1 N–H and O–H groups in total. The van der Waals surface area contributed by atoms with Crippen LogP contribution >= 0.6 is 27.3 Å². The van der Waals surface area contributed by atoms with Gasteiger partial charge in [0.1, 0.15) is 9.97 Å². The Hall–Kier alpha value is -1.38. The second kappa shape index (κ2) is 5.72. The number of halogens is 1. The second-order valence-electron chi connectivity index (χ2n) is 3.38. The highest BCUT2D eigenvalue weighted by Gasteiger charge is 2.16. The Balaban J connectivity index is 2.04. The Morgan fingerprint density at radius 3 is 2.74 bits per heavy atom. The lowest BCUT2D eigenvalue weighted by Gasteiger charge is -2.00. The van der Waals surface area contributed by atoms with Gasteiger partial charge in [-0.2, -0.15) is 0 Å². The first kappa shape index (κ1) is 14.0. The summed E-state index contributed by atoms with van der Waals surface area (Å²) < 4.78 is 31.2. The Labute approximate surface area is 122 Å². The van der Waals surface area contributed by atoms with E-state index in [-0.39, 0.29) is 4.21 Å². The fourth-order valence-corrected chi connectivity index (χ4v) is 3.47. The lowest BCUT2D eigenvalue weighted by Crippen LogP contribution is -2.28. The summed E-state index contributed by atoms with van der Waals surface area (Å²) in [7, 11) is -3.79. The van der Waals surface area contributed by atoms with Crippen molar-refractivity contribution in [2.24, 2.45) is 0 Å². The van der Waals surface area contributed by atoms with Crippen molar-refractivity contribution in [1.29, 1.82) is 0 Å². The number of furan rings is 1. The van der Waals surface area contributed by atoms with Crippen LogP contribution in [0.5, 0.6) is 0 Å². The van der Waals surface area contributed by atoms with Gasteiger partial charge < -0.3 is 4.42 Å². The molecule has 0 saturated carbocycles. The van der Waals surface area contributed by atoms with Crippen LogP contribution in [-0.2, 0) is 14.8 Å². The molecule has 2 rings (SSSR count). The van der Waals surface area contributed by atoms with Crippen molar-refractivity contribution in [3.05, 3.63) is 46.2 Å². The van der Waals surface area contributed by atoms with E-state index in [0.29, 0.717) is 10.4 Å². The molecule has 2 heterocycles. The summed E-state index contributed by atoms with van der Waals surface area (Å²) in [4.78, 5) is 11.5. The van der Waals surface area contributed by atoms with Gasteiger partial charge in [0.25, 0.3) is 15.9 Å². The number of rotatable bonds is 4. The first-order chi connectivity index (χ1) is 8.97. The van der Waals surface area contributed by atoms with Crippen molar-refractivity contribution >= 4 is 49.3 Å². The fraction of sp³-hybridized carbons (Fsp3) is 0. The number of carbonyl (C=O) groups is 1. The standard InChI is InChI=1S/C11H8BrNO4S2/c12-9-5-3-8(17-9)4-6-10(14)13-19(15,16)11-2-1-7-18-11/h1-7H,(H,13,14)/b6-4+. The predicted molar refractivity (Wildman–Crippen MR) is 75.1 cm³/mol. The zero-order valence-corrected chi connectivity index (χ0v) is 12.6. The number of thiophene rings is 1. The van der Waals surface area contributed by atoms with Gasteiger partial charge in [-0.3, -0.25) is 4.79 Å². The van der Waals surface area contributed by atoms with E-state index >= 15 is 0 Å². The Morgan fingerprint density at radius 2 is 2.16 bits per heavy atom. The third kappa shape index (κ3) is 3.79. The first-order valence-electron chi connectivity index (χ1n) is 5.01. The number of nitrogens with one attached hydrogen (secondary N) is 1. The average molecular weight is 362 g/mol. The molecule has 2 aromatic heterocycles. The van der Waals surface area contributed by atoms with Crippen molar-refractivity contribution in [2.45, 2.75) is 4.21 Å². The zero-order valence-electron chi connectivity index (χ0n) is 9.37. The number of amides is 1. The van der Waals surface area contributed by atoms with Crippen LogP contribution in [0.2, 0.25) is 0 Å². The van der Waals surface area contributed by atoms with Crippen molar-refractivity contribution in [3.8, 4) is 0 Å². The van der Waals surface area contributed by atoms with E-state index in [0.717, 1.165) is 17.4 Å². The van der Waals surface area contributed by atoms with Gasteiger partial charge in [0.05, 0.1) is 0 Å². The highest BCUT2D eigenvalue weighted by atomic mass is 79.9. The number of hydrogen-bond acceptors (Lipinski definition) is 5. The van der Waals surface area contributed by atoms with Crippen LogP contribution in [0, 0.1) is 0 Å². The van der Waals surface area contributed by atoms with Gasteiger partial charge in [-0.15, -0.1) is 11.3 Å². The van der Waals surface area contributed by atoms with E-state index < -0.39 is 15.9 Å². The molecule has 1 amide bonds. The fourth-order valence-electron chi connectivity index (χ4n) is 1.21. The molecule has 100 valence electrons. The molecular weight excluding hydrogens is 354 g/mol. The molecule has 0 atom stereocenters. The van der Waals surface area contributed by atoms with Crippen LogP contribution in [0.4, 0.5) is 0 Å². The van der Waals surface area contributed by atoms with Crippen LogP contribution in [0.3, 0.4) is 0 Å². The van der Waals surface area contributed by atoms with Gasteiger partial charge in [-0.05, 0) is 45.6 Å². The predicted octanol–water partition coefficient (Wildman–Crippen LogP) is 2.62. The normalized spacial score (nSPS) is 11.8. The van der Waals surface area contributed by atoms with E-state index in [1.165, 1.54) is 12.1 Å². The molecule has 0 aliphatic heterocycles. The van der Waals surface area contributed by atoms with Gasteiger partial charge in [0, 0.05) is 6.08 Å². The molecule has 5 nitrogen and oxygen atoms in total. The van der Waals surface area contributed by atoms with Crippen LogP contribution in [0.25, 0.3) is 6.08 Å². The van der Waals surface area contributed by atoms with Crippen LogP contribution in [0.15, 0.2) is 49.0 Å². The Bertz CT molecular complexity index is 701. The lowest BCUT2D eigenvalue weighted by molar-refractivity contribution is -0.114. The molecule has 2 aromatic rings. The van der Waals surface area contributed by atoms with Gasteiger partial charge in [0.2, 0.25) is 0 Å². The highest BCUT2D eigenvalue weighted by molar-refractivity contribution is 9.10. The summed E-state index contributed by atoms with van der Waals surface area (Å²) >= 11 is 4.16. The highest BCUT2D eigenvalue weighted by Crippen LogP contribution is 2.16. The molecule has 0 radical (unpaired) electrons. The zero-order chi connectivity index (χ0) is 13.9. The van der Waals surface area contributed by atoms with Crippen molar-refractivity contribution < 1.29 is 17.6 Å². The van der Waals surface area contributed by atoms with Crippen molar-refractivity contribution in [2.75, 3.05) is 0 Å². The minimum Gasteiger partial charge on any atom is -0.450 e. The van der Waals surface area contributed by atoms with E-state index in [1.807, 2.05) is 4.72 Å². The lowest BCUT2D eigenvalue weighted by atomic mass is 10.4. The molecule has 0 aromatic carbocycles. The van der Waals surface area contributed by atoms with Crippen LogP contribution in [-0.4, -0.2) is 14.3 Å². The minimum atomic E-state index is -3.79. The molecule has 0 bridgehead atoms. The molecule has 0 unspecified atom stereocenters. The third-order valence-corrected chi connectivity index (χ3v) is 5.16. The quantitative estimate of drug-likeness (QED) is 0.849. The third-order valence-electron chi connectivity index (χ3n) is 1.99. The molecule has 19 heavy (non-hydrogen) atoms.